The first-order valence-electron chi connectivity index (χ1n) is 7.97. The maximum atomic E-state index is 11.9. The third-order valence-corrected chi connectivity index (χ3v) is 5.30. The molecule has 0 atom stereocenters. The fourth-order valence-electron chi connectivity index (χ4n) is 2.24. The average Bonchev–Trinajstić information content (AvgIpc) is 2.63. The second-order valence-corrected chi connectivity index (χ2v) is 7.61. The Morgan fingerprint density at radius 3 is 2.74 bits per heavy atom. The van der Waals surface area contributed by atoms with E-state index in [9.17, 15) is 14.9 Å². The molecule has 0 aliphatic carbocycles. The van der Waals surface area contributed by atoms with E-state index >= 15 is 0 Å². The molecule has 142 valence electrons. The number of carbonyl (C=O) groups is 1. The fourth-order valence-corrected chi connectivity index (χ4v) is 3.68. The van der Waals surface area contributed by atoms with Crippen LogP contribution in [0.5, 0.6) is 0 Å². The van der Waals surface area contributed by atoms with Gasteiger partial charge in [0.2, 0.25) is 5.91 Å². The van der Waals surface area contributed by atoms with Gasteiger partial charge in [-0.15, -0.1) is 11.8 Å². The number of nitro groups is 1. The second kappa shape index (κ2) is 10.1. The van der Waals surface area contributed by atoms with Crippen LogP contribution in [0.1, 0.15) is 11.1 Å². The molecule has 0 saturated heterocycles. The van der Waals surface area contributed by atoms with Crippen molar-refractivity contribution in [2.45, 2.75) is 5.75 Å². The van der Waals surface area contributed by atoms with Gasteiger partial charge in [0, 0.05) is 47.7 Å². The molecule has 0 radical (unpaired) electrons. The summed E-state index contributed by atoms with van der Waals surface area (Å²) < 4.78 is 1.01. The van der Waals surface area contributed by atoms with Crippen LogP contribution in [0.2, 0.25) is 0 Å². The van der Waals surface area contributed by atoms with Crippen molar-refractivity contribution in [1.82, 2.24) is 5.43 Å². The van der Waals surface area contributed by atoms with E-state index in [0.29, 0.717) is 11.3 Å². The van der Waals surface area contributed by atoms with E-state index in [0.717, 1.165) is 15.7 Å². The molecule has 1 N–H and O–H groups in total. The lowest BCUT2D eigenvalue weighted by Gasteiger charge is -2.14. The number of hydrogen-bond acceptors (Lipinski definition) is 6. The smallest absolute Gasteiger partial charge is 0.270 e. The number of amides is 1. The van der Waals surface area contributed by atoms with Gasteiger partial charge in [0.05, 0.1) is 16.9 Å². The third kappa shape index (κ3) is 6.37. The Hall–Kier alpha value is -2.39. The first-order chi connectivity index (χ1) is 12.9. The van der Waals surface area contributed by atoms with Crippen LogP contribution in [0.4, 0.5) is 11.4 Å². The fraction of sp³-hybridized carbons (Fsp3) is 0.222. The minimum absolute atomic E-state index is 0.0302. The van der Waals surface area contributed by atoms with E-state index in [1.165, 1.54) is 30.1 Å². The summed E-state index contributed by atoms with van der Waals surface area (Å²) in [5, 5.41) is 14.9. The SMILES string of the molecule is CN(C)c1ccc([N+](=O)[O-])cc1/C=N\NC(=O)CSCc1ccccc1Br. The normalized spacial score (nSPS) is 10.8. The van der Waals surface area contributed by atoms with Crippen molar-refractivity contribution in [3.63, 3.8) is 0 Å². The van der Waals surface area contributed by atoms with E-state index in [1.807, 2.05) is 43.3 Å². The van der Waals surface area contributed by atoms with Crippen LogP contribution in [0.3, 0.4) is 0 Å². The first-order valence-corrected chi connectivity index (χ1v) is 9.92. The van der Waals surface area contributed by atoms with Gasteiger partial charge < -0.3 is 4.90 Å². The minimum Gasteiger partial charge on any atom is -0.377 e. The van der Waals surface area contributed by atoms with Crippen LogP contribution in [0.15, 0.2) is 52.0 Å². The Balaban J connectivity index is 1.92. The van der Waals surface area contributed by atoms with Crippen LogP contribution in [0, 0.1) is 10.1 Å². The summed E-state index contributed by atoms with van der Waals surface area (Å²) in [7, 11) is 3.66. The van der Waals surface area contributed by atoms with E-state index in [1.54, 1.807) is 6.07 Å². The molecule has 27 heavy (non-hydrogen) atoms. The first kappa shape index (κ1) is 20.9. The number of hydrogen-bond donors (Lipinski definition) is 1. The lowest BCUT2D eigenvalue weighted by molar-refractivity contribution is -0.384. The Morgan fingerprint density at radius 2 is 2.07 bits per heavy atom. The van der Waals surface area contributed by atoms with Crippen molar-refractivity contribution in [1.29, 1.82) is 0 Å². The van der Waals surface area contributed by atoms with E-state index in [2.05, 4.69) is 26.5 Å². The summed E-state index contributed by atoms with van der Waals surface area (Å²) in [5.74, 6) is 0.725. The lowest BCUT2D eigenvalue weighted by Crippen LogP contribution is -2.20. The Bertz CT molecular complexity index is 858. The topological polar surface area (TPSA) is 87.8 Å². The third-order valence-electron chi connectivity index (χ3n) is 3.55. The summed E-state index contributed by atoms with van der Waals surface area (Å²) in [5.41, 5.74) is 4.86. The highest BCUT2D eigenvalue weighted by Crippen LogP contribution is 2.23. The van der Waals surface area contributed by atoms with E-state index in [-0.39, 0.29) is 17.3 Å². The number of carbonyl (C=O) groups excluding carboxylic acids is 1. The molecular weight excluding hydrogens is 432 g/mol. The van der Waals surface area contributed by atoms with Gasteiger partial charge in [-0.2, -0.15) is 5.10 Å². The molecule has 0 saturated carbocycles. The summed E-state index contributed by atoms with van der Waals surface area (Å²) >= 11 is 4.95. The zero-order valence-corrected chi connectivity index (χ0v) is 17.3. The van der Waals surface area contributed by atoms with Gasteiger partial charge in [0.25, 0.3) is 5.69 Å². The van der Waals surface area contributed by atoms with Crippen molar-refractivity contribution >= 4 is 51.2 Å². The van der Waals surface area contributed by atoms with Crippen molar-refractivity contribution in [3.05, 3.63) is 68.2 Å². The molecule has 0 heterocycles. The average molecular weight is 451 g/mol. The standard InChI is InChI=1S/C18H19BrN4O3S/c1-22(2)17-8-7-15(23(25)26)9-14(17)10-20-21-18(24)12-27-11-13-5-3-4-6-16(13)19/h3-10H,11-12H2,1-2H3,(H,21,24)/b20-10-. The molecule has 7 nitrogen and oxygen atoms in total. The summed E-state index contributed by atoms with van der Waals surface area (Å²) in [6.45, 7) is 0. The second-order valence-electron chi connectivity index (χ2n) is 5.77. The molecule has 0 aromatic heterocycles. The van der Waals surface area contributed by atoms with Crippen LogP contribution in [0.25, 0.3) is 0 Å². The van der Waals surface area contributed by atoms with Crippen LogP contribution in [-0.2, 0) is 10.5 Å². The Labute approximate surface area is 170 Å². The molecule has 0 bridgehead atoms. The van der Waals surface area contributed by atoms with Crippen molar-refractivity contribution in [2.75, 3.05) is 24.7 Å². The highest BCUT2D eigenvalue weighted by atomic mass is 79.9. The number of benzene rings is 2. The van der Waals surface area contributed by atoms with Crippen LogP contribution < -0.4 is 10.3 Å². The van der Waals surface area contributed by atoms with Gasteiger partial charge >= 0.3 is 0 Å². The number of nitro benzene ring substituents is 1. The predicted octanol–water partition coefficient (Wildman–Crippen LogP) is 3.81. The largest absolute Gasteiger partial charge is 0.377 e. The lowest BCUT2D eigenvalue weighted by atomic mass is 10.1. The van der Waals surface area contributed by atoms with Gasteiger partial charge in [0.1, 0.15) is 0 Å². The van der Waals surface area contributed by atoms with Gasteiger partial charge in [0.15, 0.2) is 0 Å². The van der Waals surface area contributed by atoms with Crippen LogP contribution in [-0.4, -0.2) is 36.9 Å². The molecule has 0 fully saturated rings. The maximum Gasteiger partial charge on any atom is 0.270 e. The number of halogens is 1. The Kier molecular flexibility index (Phi) is 7.81. The highest BCUT2D eigenvalue weighted by Gasteiger charge is 2.11. The molecule has 9 heteroatoms. The van der Waals surface area contributed by atoms with E-state index in [4.69, 9.17) is 0 Å². The molecule has 1 amide bonds. The number of non-ortho nitro benzene ring substituents is 1. The van der Waals surface area contributed by atoms with Crippen LogP contribution >= 0.6 is 27.7 Å². The van der Waals surface area contributed by atoms with E-state index < -0.39 is 4.92 Å². The summed E-state index contributed by atoms with van der Waals surface area (Å²) in [4.78, 5) is 24.2. The summed E-state index contributed by atoms with van der Waals surface area (Å²) in [6, 6.07) is 12.4. The zero-order valence-electron chi connectivity index (χ0n) is 14.9. The number of hydrazone groups is 1. The maximum absolute atomic E-state index is 11.9. The molecular formula is C18H19BrN4O3S. The number of thioether (sulfide) groups is 1. The van der Waals surface area contributed by atoms with Crippen molar-refractivity contribution in [2.24, 2.45) is 5.10 Å². The highest BCUT2D eigenvalue weighted by molar-refractivity contribution is 9.10. The molecule has 2 rings (SSSR count). The summed E-state index contributed by atoms with van der Waals surface area (Å²) in [6.07, 6.45) is 1.42. The quantitative estimate of drug-likeness (QED) is 0.375. The number of anilines is 1. The van der Waals surface area contributed by atoms with Crippen molar-refractivity contribution < 1.29 is 9.72 Å². The molecule has 0 aliphatic heterocycles. The molecule has 0 aliphatic rings. The molecule has 0 spiro atoms. The number of rotatable bonds is 8. The van der Waals surface area contributed by atoms with Gasteiger partial charge in [-0.25, -0.2) is 5.43 Å². The molecule has 0 unspecified atom stereocenters. The minimum atomic E-state index is -0.465. The monoisotopic (exact) mass is 450 g/mol. The molecule has 2 aromatic rings. The Morgan fingerprint density at radius 1 is 1.33 bits per heavy atom. The number of nitrogens with zero attached hydrogens (tertiary/aromatic N) is 3. The molecule has 2 aromatic carbocycles. The van der Waals surface area contributed by atoms with Gasteiger partial charge in [-0.3, -0.25) is 14.9 Å². The number of nitrogens with one attached hydrogen (secondary N) is 1. The predicted molar refractivity (Wildman–Crippen MR) is 113 cm³/mol. The van der Waals surface area contributed by atoms with Gasteiger partial charge in [-0.05, 0) is 17.7 Å². The van der Waals surface area contributed by atoms with Crippen molar-refractivity contribution in [3.8, 4) is 0 Å². The zero-order chi connectivity index (χ0) is 19.8. The van der Waals surface area contributed by atoms with Gasteiger partial charge in [-0.1, -0.05) is 34.1 Å².